The van der Waals surface area contributed by atoms with Crippen molar-refractivity contribution in [2.75, 3.05) is 53.7 Å². The van der Waals surface area contributed by atoms with Gasteiger partial charge in [-0.1, -0.05) is 154 Å². The van der Waals surface area contributed by atoms with Crippen molar-refractivity contribution in [3.8, 4) is 0 Å². The Morgan fingerprint density at radius 3 is 1.22 bits per heavy atom. The Hall–Kier alpha value is -1.37. The molecule has 1 N–H and O–H groups in total. The van der Waals surface area contributed by atoms with Crippen LogP contribution in [0.4, 0.5) is 4.79 Å². The van der Waals surface area contributed by atoms with E-state index in [4.69, 9.17) is 14.2 Å². The number of unbranched alkanes of at least 4 members (excludes halogenated alkanes) is 24. The second kappa shape index (κ2) is 43.0. The number of hydrogen-bond acceptors (Lipinski definition) is 5. The van der Waals surface area contributed by atoms with E-state index in [2.05, 4.69) is 48.4 Å². The molecule has 0 aromatic rings. The van der Waals surface area contributed by atoms with E-state index >= 15 is 0 Å². The Kier molecular flexibility index (Phi) is 41.9. The molecular weight excluding hydrogens is 633 g/mol. The van der Waals surface area contributed by atoms with Crippen LogP contribution in [0.1, 0.15) is 200 Å². The summed E-state index contributed by atoms with van der Waals surface area (Å²) in [5.41, 5.74) is 0. The number of amides is 1. The third-order valence-corrected chi connectivity index (χ3v) is 9.54. The van der Waals surface area contributed by atoms with Crippen LogP contribution in [0, 0.1) is 0 Å². The molecule has 0 unspecified atom stereocenters. The number of carbonyl (C=O) groups excluding carboxylic acids is 1. The first-order valence-corrected chi connectivity index (χ1v) is 22.1. The molecule has 6 heteroatoms. The Labute approximate surface area is 318 Å². The average Bonchev–Trinajstić information content (AvgIpc) is 3.12. The van der Waals surface area contributed by atoms with Crippen molar-refractivity contribution >= 4 is 6.09 Å². The molecular formula is C45H88N2O4. The first-order chi connectivity index (χ1) is 25.1. The lowest BCUT2D eigenvalue weighted by molar-refractivity contribution is 0.0490. The lowest BCUT2D eigenvalue weighted by Crippen LogP contribution is -2.42. The topological polar surface area (TPSA) is 60.0 Å². The summed E-state index contributed by atoms with van der Waals surface area (Å²) in [6.45, 7) is 8.26. The highest BCUT2D eigenvalue weighted by Gasteiger charge is 2.14. The molecule has 0 aliphatic heterocycles. The van der Waals surface area contributed by atoms with Crippen molar-refractivity contribution < 1.29 is 19.0 Å². The summed E-state index contributed by atoms with van der Waals surface area (Å²) in [4.78, 5) is 14.5. The Morgan fingerprint density at radius 1 is 0.490 bits per heavy atom. The van der Waals surface area contributed by atoms with E-state index in [0.717, 1.165) is 39.0 Å². The van der Waals surface area contributed by atoms with Gasteiger partial charge >= 0.3 is 6.09 Å². The van der Waals surface area contributed by atoms with Gasteiger partial charge in [0.2, 0.25) is 0 Å². The van der Waals surface area contributed by atoms with Gasteiger partial charge < -0.3 is 24.4 Å². The molecule has 0 bridgehead atoms. The fraction of sp³-hybridized carbons (Fsp3) is 0.889. The van der Waals surface area contributed by atoms with E-state index in [-0.39, 0.29) is 12.1 Å². The van der Waals surface area contributed by atoms with E-state index in [1.807, 2.05) is 14.1 Å². The van der Waals surface area contributed by atoms with Gasteiger partial charge in [0.25, 0.3) is 0 Å². The highest BCUT2D eigenvalue weighted by molar-refractivity contribution is 5.67. The lowest BCUT2D eigenvalue weighted by Gasteiger charge is -2.19. The number of allylic oxidation sites excluding steroid dienone is 4. The van der Waals surface area contributed by atoms with Crippen LogP contribution < -0.4 is 5.32 Å². The first-order valence-electron chi connectivity index (χ1n) is 22.1. The maximum absolute atomic E-state index is 12.4. The third kappa shape index (κ3) is 42.9. The average molecular weight is 721 g/mol. The number of alkyl carbamates (subject to hydrolysis) is 1. The second-order valence-electron chi connectivity index (χ2n) is 15.2. The van der Waals surface area contributed by atoms with Crippen LogP contribution in [-0.2, 0) is 14.2 Å². The van der Waals surface area contributed by atoms with Crippen molar-refractivity contribution in [2.45, 2.75) is 206 Å². The predicted octanol–water partition coefficient (Wildman–Crippen LogP) is 13.1. The van der Waals surface area contributed by atoms with Crippen LogP contribution in [0.25, 0.3) is 0 Å². The minimum Gasteiger partial charge on any atom is -0.450 e. The molecule has 0 aliphatic carbocycles. The van der Waals surface area contributed by atoms with E-state index in [1.54, 1.807) is 0 Å². The zero-order valence-corrected chi connectivity index (χ0v) is 34.7. The van der Waals surface area contributed by atoms with Crippen LogP contribution in [-0.4, -0.2) is 70.7 Å². The maximum Gasteiger partial charge on any atom is 0.407 e. The van der Waals surface area contributed by atoms with Gasteiger partial charge in [0, 0.05) is 19.8 Å². The summed E-state index contributed by atoms with van der Waals surface area (Å²) >= 11 is 0. The Morgan fingerprint density at radius 2 is 0.843 bits per heavy atom. The minimum absolute atomic E-state index is 0.186. The maximum atomic E-state index is 12.4. The van der Waals surface area contributed by atoms with Gasteiger partial charge in [0.05, 0.1) is 25.9 Å². The molecule has 0 rings (SSSR count). The lowest BCUT2D eigenvalue weighted by atomic mass is 10.1. The van der Waals surface area contributed by atoms with Gasteiger partial charge in [-0.2, -0.15) is 0 Å². The summed E-state index contributed by atoms with van der Waals surface area (Å²) < 4.78 is 17.4. The van der Waals surface area contributed by atoms with Crippen LogP contribution >= 0.6 is 0 Å². The van der Waals surface area contributed by atoms with Crippen LogP contribution in [0.2, 0.25) is 0 Å². The molecule has 0 heterocycles. The molecule has 302 valence electrons. The molecule has 51 heavy (non-hydrogen) atoms. The monoisotopic (exact) mass is 721 g/mol. The molecule has 0 saturated carbocycles. The van der Waals surface area contributed by atoms with Crippen molar-refractivity contribution in [1.82, 2.24) is 10.2 Å². The SMILES string of the molecule is CCCCCCCCC=CCCCCCCCCOCC(COCCCCCCCCC=CCCCCCCCC)NC(=O)OCCCN(C)C. The molecule has 0 radical (unpaired) electrons. The minimum atomic E-state index is -0.375. The van der Waals surface area contributed by atoms with Crippen molar-refractivity contribution in [1.29, 1.82) is 0 Å². The molecule has 0 saturated heterocycles. The highest BCUT2D eigenvalue weighted by Crippen LogP contribution is 2.12. The van der Waals surface area contributed by atoms with Crippen molar-refractivity contribution in [3.05, 3.63) is 24.3 Å². The standard InChI is InChI=1S/C45H88N2O4/c1-5-7-9-11-13-15-17-19-21-23-25-27-29-31-33-35-39-49-42-44(46-45(48)51-41-37-38-47(3)4)43-50-40-36-34-32-30-28-26-24-22-20-18-16-14-12-10-8-6-2/h19-22,44H,5-18,23-43H2,1-4H3,(H,46,48). The van der Waals surface area contributed by atoms with Crippen molar-refractivity contribution in [3.63, 3.8) is 0 Å². The van der Waals surface area contributed by atoms with E-state index < -0.39 is 0 Å². The predicted molar refractivity (Wildman–Crippen MR) is 222 cm³/mol. The summed E-state index contributed by atoms with van der Waals surface area (Å²) in [5.74, 6) is 0. The fourth-order valence-electron chi connectivity index (χ4n) is 6.24. The van der Waals surface area contributed by atoms with Gasteiger partial charge in [0.1, 0.15) is 0 Å². The molecule has 1 amide bonds. The van der Waals surface area contributed by atoms with Crippen molar-refractivity contribution in [2.24, 2.45) is 0 Å². The molecule has 0 aliphatic rings. The quantitative estimate of drug-likeness (QED) is 0.0503. The number of rotatable bonds is 41. The van der Waals surface area contributed by atoms with Gasteiger partial charge in [-0.25, -0.2) is 4.79 Å². The number of nitrogens with zero attached hydrogens (tertiary/aromatic N) is 1. The zero-order chi connectivity index (χ0) is 37.1. The van der Waals surface area contributed by atoms with Gasteiger partial charge in [-0.05, 0) is 84.7 Å². The number of hydrogen-bond donors (Lipinski definition) is 1. The number of ether oxygens (including phenoxy) is 3. The largest absolute Gasteiger partial charge is 0.450 e. The second-order valence-corrected chi connectivity index (χ2v) is 15.2. The molecule has 0 aromatic heterocycles. The molecule has 0 atom stereocenters. The Balaban J connectivity index is 3.94. The summed E-state index contributed by atoms with van der Waals surface area (Å²) in [6, 6.07) is -0.186. The summed E-state index contributed by atoms with van der Waals surface area (Å²) in [7, 11) is 4.05. The van der Waals surface area contributed by atoms with E-state index in [9.17, 15) is 4.79 Å². The molecule has 6 nitrogen and oxygen atoms in total. The van der Waals surface area contributed by atoms with Gasteiger partial charge in [0.15, 0.2) is 0 Å². The fourth-order valence-corrected chi connectivity index (χ4v) is 6.24. The number of carbonyl (C=O) groups is 1. The summed E-state index contributed by atoms with van der Waals surface area (Å²) in [5, 5.41) is 2.98. The highest BCUT2D eigenvalue weighted by atomic mass is 16.5. The van der Waals surface area contributed by atoms with Gasteiger partial charge in [-0.3, -0.25) is 0 Å². The van der Waals surface area contributed by atoms with Crippen LogP contribution in [0.5, 0.6) is 0 Å². The van der Waals surface area contributed by atoms with Crippen LogP contribution in [0.15, 0.2) is 24.3 Å². The molecule has 0 aromatic carbocycles. The number of nitrogens with one attached hydrogen (secondary N) is 1. The normalized spacial score (nSPS) is 12.5. The zero-order valence-electron chi connectivity index (χ0n) is 34.7. The first kappa shape index (κ1) is 49.6. The smallest absolute Gasteiger partial charge is 0.407 e. The Bertz CT molecular complexity index is 696. The molecule has 0 fully saturated rings. The van der Waals surface area contributed by atoms with E-state index in [0.29, 0.717) is 19.8 Å². The van der Waals surface area contributed by atoms with Crippen LogP contribution in [0.3, 0.4) is 0 Å². The van der Waals surface area contributed by atoms with E-state index in [1.165, 1.54) is 167 Å². The molecule has 0 spiro atoms. The third-order valence-electron chi connectivity index (χ3n) is 9.54. The van der Waals surface area contributed by atoms with Gasteiger partial charge in [-0.15, -0.1) is 0 Å². The summed E-state index contributed by atoms with van der Waals surface area (Å²) in [6.07, 6.45) is 46.5.